The van der Waals surface area contributed by atoms with E-state index < -0.39 is 107 Å². The molecule has 0 saturated carbocycles. The summed E-state index contributed by atoms with van der Waals surface area (Å²) in [5.41, 5.74) is -3.50. The Morgan fingerprint density at radius 2 is 1.59 bits per heavy atom. The number of aromatic carboxylic acids is 1. The van der Waals surface area contributed by atoms with Crippen molar-refractivity contribution in [3.8, 4) is 0 Å². The standard InChI is InChI=1S/C60H100N2O16/c1-16-20-25-62-34-45(55(66)67)49(63)44-30-41(23-24-46(44)62)22-21-26-72-27-28-73-54-40(10)75-48(32-59(54,12)71-15)77-51-37(7)53(78-57-50(64)43(29-36(6)74-57)42(17-2)18-3)58(11,69)31-35(5)33-61(14)39(9)52(65)60(13,70)47(19-4)76-56(68)38(51)8/h23-24,30,34-40,42-43,47-48,50-54,57,64-65,69-70H,16-22,25-29,31-33H2,1-15H3,(H,66,67)/t35-,36-,37+,38-,39-,40+,43-,47-,48+,50-,51+,52+,53-,54+,57+,58-,59-,60-/m1/s1. The van der Waals surface area contributed by atoms with Crippen LogP contribution in [0.15, 0.2) is 29.2 Å². The van der Waals surface area contributed by atoms with Gasteiger partial charge in [0.05, 0.1) is 60.3 Å². The summed E-state index contributed by atoms with van der Waals surface area (Å²) in [5, 5.41) is 58.8. The van der Waals surface area contributed by atoms with Crippen molar-refractivity contribution in [1.29, 1.82) is 0 Å². The number of ether oxygens (including phenoxy) is 8. The lowest BCUT2D eigenvalue weighted by Crippen LogP contribution is -2.60. The molecular weight excluding hydrogens is 1000 g/mol. The Hall–Kier alpha value is -3.11. The molecular formula is C60H100N2O16. The average Bonchev–Trinajstić information content (AvgIpc) is 3.44. The van der Waals surface area contributed by atoms with Gasteiger partial charge in [-0.1, -0.05) is 66.9 Å². The van der Waals surface area contributed by atoms with Crippen LogP contribution in [0.3, 0.4) is 0 Å². The number of rotatable bonds is 21. The van der Waals surface area contributed by atoms with Crippen molar-refractivity contribution >= 4 is 22.8 Å². The van der Waals surface area contributed by atoms with Crippen LogP contribution in [0.5, 0.6) is 0 Å². The number of carboxylic acids is 1. The van der Waals surface area contributed by atoms with E-state index in [1.807, 2.05) is 70.2 Å². The van der Waals surface area contributed by atoms with Crippen LogP contribution in [0, 0.1) is 29.6 Å². The third kappa shape index (κ3) is 15.7. The Labute approximate surface area is 464 Å². The third-order valence-corrected chi connectivity index (χ3v) is 17.6. The number of unbranched alkanes of at least 4 members (excludes halogenated alkanes) is 1. The fraction of sp³-hybridized carbons (Fsp3) is 0.817. The van der Waals surface area contributed by atoms with Gasteiger partial charge < -0.3 is 72.9 Å². The van der Waals surface area contributed by atoms with E-state index in [4.69, 9.17) is 37.9 Å². The molecule has 3 aliphatic heterocycles. The van der Waals surface area contributed by atoms with Crippen LogP contribution in [0.2, 0.25) is 0 Å². The van der Waals surface area contributed by atoms with Crippen molar-refractivity contribution in [2.45, 2.75) is 245 Å². The van der Waals surface area contributed by atoms with Gasteiger partial charge in [0.1, 0.15) is 35.6 Å². The Balaban J connectivity index is 1.36. The maximum absolute atomic E-state index is 14.7. The van der Waals surface area contributed by atoms with Crippen molar-refractivity contribution < 1.29 is 73.0 Å². The maximum atomic E-state index is 14.7. The maximum Gasteiger partial charge on any atom is 0.341 e. The minimum Gasteiger partial charge on any atom is -0.477 e. The third-order valence-electron chi connectivity index (χ3n) is 17.6. The number of nitrogens with zero attached hydrogens (tertiary/aromatic N) is 2. The average molecular weight is 1110 g/mol. The number of hydrogen-bond donors (Lipinski definition) is 5. The molecule has 18 nitrogen and oxygen atoms in total. The first-order valence-electron chi connectivity index (χ1n) is 29.2. The van der Waals surface area contributed by atoms with E-state index in [1.54, 1.807) is 33.9 Å². The molecule has 5 N–H and O–H groups in total. The zero-order valence-corrected chi connectivity index (χ0v) is 49.8. The van der Waals surface area contributed by atoms with Crippen LogP contribution in [-0.4, -0.2) is 172 Å². The molecule has 1 aromatic carbocycles. The fourth-order valence-electron chi connectivity index (χ4n) is 12.9. The molecule has 1 aromatic heterocycles. The summed E-state index contributed by atoms with van der Waals surface area (Å²) in [6, 6.07) is 5.08. The van der Waals surface area contributed by atoms with Crippen LogP contribution in [0.1, 0.15) is 164 Å². The second-order valence-corrected chi connectivity index (χ2v) is 24.0. The van der Waals surface area contributed by atoms with Crippen LogP contribution in [-0.2, 0) is 55.7 Å². The quantitative estimate of drug-likeness (QED) is 0.0601. The number of aromatic nitrogens is 1. The molecule has 78 heavy (non-hydrogen) atoms. The van der Waals surface area contributed by atoms with Crippen LogP contribution >= 0.6 is 0 Å². The summed E-state index contributed by atoms with van der Waals surface area (Å²) in [6.07, 6.45) is -1.49. The Bertz CT molecular complexity index is 2270. The van der Waals surface area contributed by atoms with Crippen LogP contribution < -0.4 is 5.43 Å². The predicted molar refractivity (Wildman–Crippen MR) is 297 cm³/mol. The molecule has 2 aromatic rings. The molecule has 0 spiro atoms. The van der Waals surface area contributed by atoms with E-state index in [9.17, 15) is 39.9 Å². The molecule has 0 unspecified atom stereocenters. The number of fused-ring (bicyclic) bond motifs is 1. The van der Waals surface area contributed by atoms with Gasteiger partial charge >= 0.3 is 11.9 Å². The zero-order chi connectivity index (χ0) is 58.0. The number of likely N-dealkylation sites (N-methyl/N-ethyl adjacent to an activating group) is 1. The molecule has 5 rings (SSSR count). The number of aliphatic hydroxyl groups excluding tert-OH is 2. The summed E-state index contributed by atoms with van der Waals surface area (Å²) in [5.74, 6) is -3.82. The highest BCUT2D eigenvalue weighted by Crippen LogP contribution is 2.42. The number of carbonyl (C=O) groups excluding carboxylic acids is 1. The highest BCUT2D eigenvalue weighted by Gasteiger charge is 2.53. The first-order chi connectivity index (χ1) is 36.7. The summed E-state index contributed by atoms with van der Waals surface area (Å²) in [6.45, 7) is 26.4. The van der Waals surface area contributed by atoms with Gasteiger partial charge in [0.2, 0.25) is 5.43 Å². The Morgan fingerprint density at radius 3 is 2.22 bits per heavy atom. The van der Waals surface area contributed by atoms with Crippen molar-refractivity contribution in [3.63, 3.8) is 0 Å². The topological polar surface area (TPSA) is 234 Å². The van der Waals surface area contributed by atoms with E-state index >= 15 is 0 Å². The minimum atomic E-state index is -1.84. The van der Waals surface area contributed by atoms with Gasteiger partial charge in [-0.15, -0.1) is 0 Å². The first-order valence-corrected chi connectivity index (χ1v) is 29.2. The Kier molecular flexibility index (Phi) is 24.2. The van der Waals surface area contributed by atoms with Crippen molar-refractivity contribution in [2.24, 2.45) is 29.6 Å². The summed E-state index contributed by atoms with van der Waals surface area (Å²) in [7, 11) is 3.45. The normalized spacial score (nSPS) is 37.0. The number of carboxylic acid groups (broad SMARTS) is 1. The predicted octanol–water partition coefficient (Wildman–Crippen LogP) is 7.51. The summed E-state index contributed by atoms with van der Waals surface area (Å²) < 4.78 is 53.7. The van der Waals surface area contributed by atoms with Gasteiger partial charge in [-0.25, -0.2) is 4.79 Å². The molecule has 0 amide bonds. The smallest absolute Gasteiger partial charge is 0.341 e. The van der Waals surface area contributed by atoms with E-state index in [0.29, 0.717) is 49.9 Å². The number of benzene rings is 1. The lowest BCUT2D eigenvalue weighted by Gasteiger charge is -2.49. The molecule has 0 radical (unpaired) electrons. The van der Waals surface area contributed by atoms with Gasteiger partial charge in [-0.3, -0.25) is 9.59 Å². The van der Waals surface area contributed by atoms with Gasteiger partial charge in [0.25, 0.3) is 0 Å². The van der Waals surface area contributed by atoms with E-state index in [2.05, 4.69) is 20.8 Å². The number of aryl methyl sites for hydroxylation is 2. The summed E-state index contributed by atoms with van der Waals surface area (Å²) >= 11 is 0. The van der Waals surface area contributed by atoms with Crippen molar-refractivity contribution in [2.75, 3.05) is 40.5 Å². The van der Waals surface area contributed by atoms with Gasteiger partial charge in [-0.2, -0.15) is 0 Å². The molecule has 4 heterocycles. The number of carbonyl (C=O) groups is 2. The van der Waals surface area contributed by atoms with Crippen LogP contribution in [0.4, 0.5) is 0 Å². The number of hydrogen-bond acceptors (Lipinski definition) is 16. The highest BCUT2D eigenvalue weighted by molar-refractivity contribution is 5.92. The lowest BCUT2D eigenvalue weighted by atomic mass is 9.77. The van der Waals surface area contributed by atoms with E-state index in [-0.39, 0.29) is 61.9 Å². The number of pyridine rings is 1. The highest BCUT2D eigenvalue weighted by atomic mass is 16.7. The molecule has 0 bridgehead atoms. The Morgan fingerprint density at radius 1 is 0.897 bits per heavy atom. The number of cyclic esters (lactones) is 1. The minimum absolute atomic E-state index is 0.111. The SMILES string of the molecule is CCCCn1cc(C(=O)O)c(=O)c2cc(CCCOCCO[C@H]3[C@H](C)O[C@@H](O[C@H]4[C@H](C)[C@@H](O[C@@H]5O[C@H](C)C[C@H](C(CC)CC)[C@H]5O)[C@](C)(O)C[C@@H](C)CN(C)[C@H](C)[C@H](O)[C@](C)(O)[C@@H](CC)OC(=O)[C@@H]4C)C[C@@]3(C)OC)ccc21. The van der Waals surface area contributed by atoms with Crippen LogP contribution in [0.25, 0.3) is 10.9 Å². The molecule has 18 atom stereocenters. The van der Waals surface area contributed by atoms with Gasteiger partial charge in [0.15, 0.2) is 12.6 Å². The second-order valence-electron chi connectivity index (χ2n) is 24.0. The molecule has 18 heteroatoms. The number of methoxy groups -OCH3 is 1. The van der Waals surface area contributed by atoms with Gasteiger partial charge in [0, 0.05) is 56.8 Å². The summed E-state index contributed by atoms with van der Waals surface area (Å²) in [4.78, 5) is 41.7. The zero-order valence-electron chi connectivity index (χ0n) is 49.8. The monoisotopic (exact) mass is 1100 g/mol. The van der Waals surface area contributed by atoms with Crippen molar-refractivity contribution in [1.82, 2.24) is 9.47 Å². The largest absolute Gasteiger partial charge is 0.477 e. The molecule has 0 aliphatic carbocycles. The van der Waals surface area contributed by atoms with Crippen molar-refractivity contribution in [3.05, 3.63) is 45.7 Å². The number of aliphatic hydroxyl groups is 4. The molecule has 3 fully saturated rings. The fourth-order valence-corrected chi connectivity index (χ4v) is 12.9. The molecule has 446 valence electrons. The second kappa shape index (κ2) is 28.7. The lowest BCUT2D eigenvalue weighted by molar-refractivity contribution is -0.322. The van der Waals surface area contributed by atoms with Gasteiger partial charge in [-0.05, 0) is 129 Å². The van der Waals surface area contributed by atoms with E-state index in [1.165, 1.54) is 13.1 Å². The molecule has 3 saturated heterocycles. The first kappa shape index (κ1) is 65.7. The number of esters is 1. The molecule has 3 aliphatic rings. The van der Waals surface area contributed by atoms with E-state index in [0.717, 1.165) is 31.2 Å².